The van der Waals surface area contributed by atoms with Crippen molar-refractivity contribution < 1.29 is 4.79 Å². The zero-order chi connectivity index (χ0) is 16.4. The van der Waals surface area contributed by atoms with Gasteiger partial charge in [0.2, 0.25) is 5.91 Å². The average Bonchev–Trinajstić information content (AvgIpc) is 2.52. The Labute approximate surface area is 141 Å². The monoisotopic (exact) mass is 345 g/mol. The summed E-state index contributed by atoms with van der Waals surface area (Å²) in [4.78, 5) is 31.5. The normalized spacial score (nSPS) is 16.3. The highest BCUT2D eigenvalue weighted by molar-refractivity contribution is 7.99. The summed E-state index contributed by atoms with van der Waals surface area (Å²) in [5.41, 5.74) is 1.04. The maximum atomic E-state index is 12.5. The minimum Gasteiger partial charge on any atom is -0.310 e. The third kappa shape index (κ3) is 3.26. The van der Waals surface area contributed by atoms with E-state index in [0.717, 1.165) is 5.56 Å². The standard InChI is InChI=1S/C16H12ClN3O2S/c1-2-7-23-16-19-14-13(15(22)20-16)11(8-12(21)18-14)9-3-5-10(17)6-4-9/h1,3-6,11H,7-8H2,(H2,18,19,20,21,22). The van der Waals surface area contributed by atoms with Gasteiger partial charge >= 0.3 is 0 Å². The van der Waals surface area contributed by atoms with Crippen molar-refractivity contribution >= 4 is 35.1 Å². The molecule has 1 aromatic carbocycles. The Balaban J connectivity index is 2.07. The minimum atomic E-state index is -0.348. The van der Waals surface area contributed by atoms with Gasteiger partial charge in [-0.3, -0.25) is 9.59 Å². The fourth-order valence-electron chi connectivity index (χ4n) is 2.51. The second kappa shape index (κ2) is 6.49. The number of terminal acetylenes is 1. The Morgan fingerprint density at radius 1 is 1.35 bits per heavy atom. The molecule has 1 aromatic heterocycles. The summed E-state index contributed by atoms with van der Waals surface area (Å²) < 4.78 is 0. The Morgan fingerprint density at radius 2 is 2.09 bits per heavy atom. The fourth-order valence-corrected chi connectivity index (χ4v) is 3.18. The van der Waals surface area contributed by atoms with Gasteiger partial charge in [-0.05, 0) is 17.7 Å². The molecule has 3 rings (SSSR count). The lowest BCUT2D eigenvalue weighted by Crippen LogP contribution is -2.31. The quantitative estimate of drug-likeness (QED) is 0.509. The Kier molecular flexibility index (Phi) is 4.42. The average molecular weight is 346 g/mol. The van der Waals surface area contributed by atoms with Crippen LogP contribution in [0.3, 0.4) is 0 Å². The van der Waals surface area contributed by atoms with Crippen molar-refractivity contribution in [3.8, 4) is 12.3 Å². The summed E-state index contributed by atoms with van der Waals surface area (Å²) in [6, 6.07) is 7.11. The molecule has 2 heterocycles. The van der Waals surface area contributed by atoms with Crippen LogP contribution < -0.4 is 10.9 Å². The van der Waals surface area contributed by atoms with Gasteiger partial charge in [0.15, 0.2) is 5.16 Å². The molecule has 1 atom stereocenters. The second-order valence-electron chi connectivity index (χ2n) is 4.98. The van der Waals surface area contributed by atoms with Crippen LogP contribution in [-0.2, 0) is 4.79 Å². The van der Waals surface area contributed by atoms with Crippen molar-refractivity contribution in [3.05, 3.63) is 50.8 Å². The molecule has 116 valence electrons. The molecule has 7 heteroatoms. The number of thioether (sulfide) groups is 1. The molecule has 0 radical (unpaired) electrons. The number of amides is 1. The maximum absolute atomic E-state index is 12.5. The third-order valence-electron chi connectivity index (χ3n) is 3.49. The summed E-state index contributed by atoms with van der Waals surface area (Å²) in [7, 11) is 0. The highest BCUT2D eigenvalue weighted by atomic mass is 35.5. The molecule has 0 saturated heterocycles. The first-order valence-electron chi connectivity index (χ1n) is 6.84. The maximum Gasteiger partial charge on any atom is 0.257 e. The van der Waals surface area contributed by atoms with E-state index < -0.39 is 0 Å². The molecular weight excluding hydrogens is 334 g/mol. The number of carbonyl (C=O) groups excluding carboxylic acids is 1. The van der Waals surface area contributed by atoms with Gasteiger partial charge in [0.1, 0.15) is 5.82 Å². The molecule has 0 saturated carbocycles. The number of carbonyl (C=O) groups is 1. The molecule has 2 aromatic rings. The molecule has 2 N–H and O–H groups in total. The molecule has 5 nitrogen and oxygen atoms in total. The van der Waals surface area contributed by atoms with Crippen LogP contribution in [0, 0.1) is 12.3 Å². The van der Waals surface area contributed by atoms with E-state index >= 15 is 0 Å². The van der Waals surface area contributed by atoms with Crippen molar-refractivity contribution in [1.29, 1.82) is 0 Å². The van der Waals surface area contributed by atoms with E-state index in [1.807, 2.05) is 12.1 Å². The van der Waals surface area contributed by atoms with Crippen molar-refractivity contribution in [1.82, 2.24) is 9.97 Å². The van der Waals surface area contributed by atoms with Gasteiger partial charge in [0, 0.05) is 17.4 Å². The summed E-state index contributed by atoms with van der Waals surface area (Å²) in [6.45, 7) is 0. The largest absolute Gasteiger partial charge is 0.310 e. The molecule has 23 heavy (non-hydrogen) atoms. The number of halogens is 1. The minimum absolute atomic E-state index is 0.177. The highest BCUT2D eigenvalue weighted by Gasteiger charge is 2.30. The van der Waals surface area contributed by atoms with Gasteiger partial charge in [-0.15, -0.1) is 6.42 Å². The zero-order valence-electron chi connectivity index (χ0n) is 11.9. The number of benzene rings is 1. The first-order valence-corrected chi connectivity index (χ1v) is 8.20. The van der Waals surface area contributed by atoms with Crippen LogP contribution in [0.4, 0.5) is 5.82 Å². The van der Waals surface area contributed by atoms with Gasteiger partial charge in [0.05, 0.1) is 11.3 Å². The Bertz CT molecular complexity index is 855. The lowest BCUT2D eigenvalue weighted by Gasteiger charge is -2.24. The van der Waals surface area contributed by atoms with E-state index in [1.54, 1.807) is 12.1 Å². The number of fused-ring (bicyclic) bond motifs is 1. The number of aromatic nitrogens is 2. The highest BCUT2D eigenvalue weighted by Crippen LogP contribution is 2.34. The number of hydrogen-bond acceptors (Lipinski definition) is 4. The Hall–Kier alpha value is -2.23. The smallest absolute Gasteiger partial charge is 0.257 e. The molecule has 0 fully saturated rings. The van der Waals surface area contributed by atoms with Crippen LogP contribution in [0.5, 0.6) is 0 Å². The number of anilines is 1. The van der Waals surface area contributed by atoms with Crippen LogP contribution in [0.2, 0.25) is 5.02 Å². The van der Waals surface area contributed by atoms with E-state index in [1.165, 1.54) is 11.8 Å². The second-order valence-corrected chi connectivity index (χ2v) is 6.38. The van der Waals surface area contributed by atoms with Gasteiger partial charge in [-0.1, -0.05) is 41.4 Å². The zero-order valence-corrected chi connectivity index (χ0v) is 13.5. The van der Waals surface area contributed by atoms with E-state index in [9.17, 15) is 9.59 Å². The van der Waals surface area contributed by atoms with Gasteiger partial charge in [-0.2, -0.15) is 0 Å². The predicted octanol–water partition coefficient (Wildman–Crippen LogP) is 2.62. The molecule has 0 spiro atoms. The Morgan fingerprint density at radius 3 is 2.78 bits per heavy atom. The summed E-state index contributed by atoms with van der Waals surface area (Å²) in [6.07, 6.45) is 5.40. The number of aromatic amines is 1. The molecule has 1 amide bonds. The molecule has 1 aliphatic heterocycles. The molecular formula is C16H12ClN3O2S. The first-order chi connectivity index (χ1) is 11.1. The number of H-pyrrole nitrogens is 1. The molecule has 0 aliphatic carbocycles. The summed E-state index contributed by atoms with van der Waals surface area (Å²) in [5.74, 6) is 2.62. The predicted molar refractivity (Wildman–Crippen MR) is 91.0 cm³/mol. The number of nitrogens with zero attached hydrogens (tertiary/aromatic N) is 1. The van der Waals surface area contributed by atoms with Crippen molar-refractivity contribution in [2.45, 2.75) is 17.5 Å². The van der Waals surface area contributed by atoms with Crippen molar-refractivity contribution in [2.75, 3.05) is 11.1 Å². The van der Waals surface area contributed by atoms with Crippen LogP contribution in [0.1, 0.15) is 23.5 Å². The number of nitrogens with one attached hydrogen (secondary N) is 2. The van der Waals surface area contributed by atoms with Crippen LogP contribution in [0.25, 0.3) is 0 Å². The van der Waals surface area contributed by atoms with Crippen molar-refractivity contribution in [3.63, 3.8) is 0 Å². The lowest BCUT2D eigenvalue weighted by molar-refractivity contribution is -0.116. The van der Waals surface area contributed by atoms with Gasteiger partial charge in [0.25, 0.3) is 5.56 Å². The van der Waals surface area contributed by atoms with Crippen LogP contribution in [-0.4, -0.2) is 21.6 Å². The SMILES string of the molecule is C#CCSc1nc2c(c(=O)[nH]1)C(c1ccc(Cl)cc1)CC(=O)N2. The number of rotatable bonds is 3. The molecule has 0 bridgehead atoms. The van der Waals surface area contributed by atoms with E-state index in [4.69, 9.17) is 18.0 Å². The van der Waals surface area contributed by atoms with Gasteiger partial charge in [-0.25, -0.2) is 4.98 Å². The third-order valence-corrected chi connectivity index (χ3v) is 4.52. The van der Waals surface area contributed by atoms with Crippen LogP contribution in [0.15, 0.2) is 34.2 Å². The van der Waals surface area contributed by atoms with Crippen LogP contribution >= 0.6 is 23.4 Å². The molecule has 1 aliphatic rings. The van der Waals surface area contributed by atoms with Crippen molar-refractivity contribution in [2.24, 2.45) is 0 Å². The van der Waals surface area contributed by atoms with E-state index in [-0.39, 0.29) is 23.8 Å². The number of hydrogen-bond donors (Lipinski definition) is 2. The van der Waals surface area contributed by atoms with Gasteiger partial charge < -0.3 is 10.3 Å². The topological polar surface area (TPSA) is 74.8 Å². The fraction of sp³-hybridized carbons (Fsp3) is 0.188. The van der Waals surface area contributed by atoms with E-state index in [0.29, 0.717) is 27.3 Å². The lowest BCUT2D eigenvalue weighted by atomic mass is 9.87. The first kappa shape index (κ1) is 15.7. The summed E-state index contributed by atoms with van der Waals surface area (Å²) in [5, 5.41) is 3.66. The van der Waals surface area contributed by atoms with E-state index in [2.05, 4.69) is 21.2 Å². The molecule has 1 unspecified atom stereocenters. The summed E-state index contributed by atoms with van der Waals surface area (Å²) >= 11 is 7.14.